The maximum Gasteiger partial charge on any atom is 0.326 e. The summed E-state index contributed by atoms with van der Waals surface area (Å²) in [5, 5.41) is 25.7. The van der Waals surface area contributed by atoms with Crippen LogP contribution in [0, 0.1) is 5.92 Å². The Kier molecular flexibility index (Phi) is 8.89. The van der Waals surface area contributed by atoms with Gasteiger partial charge in [-0.3, -0.25) is 14.4 Å². The molecule has 0 aromatic heterocycles. The van der Waals surface area contributed by atoms with E-state index in [0.717, 1.165) is 0 Å². The maximum atomic E-state index is 12.2. The molecule has 0 aliphatic carbocycles. The highest BCUT2D eigenvalue weighted by Gasteiger charge is 2.25. The normalized spacial score (nSPS) is 12.7. The van der Waals surface area contributed by atoms with Gasteiger partial charge in [0, 0.05) is 6.42 Å². The summed E-state index contributed by atoms with van der Waals surface area (Å²) in [6, 6.07) is 3.86. The number of carbonyl (C=O) groups is 4. The van der Waals surface area contributed by atoms with Gasteiger partial charge in [-0.1, -0.05) is 26.0 Å². The van der Waals surface area contributed by atoms with Crippen LogP contribution in [0.4, 0.5) is 0 Å². The van der Waals surface area contributed by atoms with Crippen molar-refractivity contribution in [3.63, 3.8) is 0 Å². The fourth-order valence-electron chi connectivity index (χ4n) is 2.36. The zero-order chi connectivity index (χ0) is 21.3. The summed E-state index contributed by atoms with van der Waals surface area (Å²) in [7, 11) is 0. The maximum absolute atomic E-state index is 12.2. The quantitative estimate of drug-likeness (QED) is 0.287. The summed E-state index contributed by atoms with van der Waals surface area (Å²) >= 11 is 0. The van der Waals surface area contributed by atoms with E-state index in [1.807, 2.05) is 0 Å². The van der Waals surface area contributed by atoms with Gasteiger partial charge < -0.3 is 31.9 Å². The Bertz CT molecular complexity index is 705. The van der Waals surface area contributed by atoms with Gasteiger partial charge >= 0.3 is 5.97 Å². The topological polar surface area (TPSA) is 171 Å². The van der Waals surface area contributed by atoms with Gasteiger partial charge in [0.1, 0.15) is 17.8 Å². The second kappa shape index (κ2) is 10.9. The first-order chi connectivity index (χ1) is 13.1. The highest BCUT2D eigenvalue weighted by molar-refractivity contribution is 5.92. The molecule has 0 bridgehead atoms. The number of amides is 3. The Labute approximate surface area is 162 Å². The van der Waals surface area contributed by atoms with Crippen molar-refractivity contribution in [3.05, 3.63) is 29.8 Å². The number of phenols is 1. The molecule has 0 aliphatic heterocycles. The van der Waals surface area contributed by atoms with Crippen LogP contribution in [0.5, 0.6) is 5.75 Å². The summed E-state index contributed by atoms with van der Waals surface area (Å²) < 4.78 is 0. The Morgan fingerprint density at radius 1 is 1.04 bits per heavy atom. The molecule has 0 spiro atoms. The third kappa shape index (κ3) is 7.62. The van der Waals surface area contributed by atoms with Crippen LogP contribution in [-0.4, -0.2) is 59.1 Å². The van der Waals surface area contributed by atoms with Crippen molar-refractivity contribution in [2.75, 3.05) is 13.1 Å². The summed E-state index contributed by atoms with van der Waals surface area (Å²) in [6.07, 6.45) is 0.0104. The fraction of sp³-hybridized carbons (Fsp3) is 0.444. The molecule has 0 saturated carbocycles. The second-order valence-corrected chi connectivity index (χ2v) is 6.54. The van der Waals surface area contributed by atoms with Crippen molar-refractivity contribution in [2.45, 2.75) is 32.4 Å². The SMILES string of the molecule is CC(C)[C@H](NC(=O)CN)C(=O)NCC(=O)N[C@@H](Cc1ccc(O)cc1)C(=O)O. The second-order valence-electron chi connectivity index (χ2n) is 6.54. The lowest BCUT2D eigenvalue weighted by Crippen LogP contribution is -2.53. The van der Waals surface area contributed by atoms with Gasteiger partial charge in [-0.25, -0.2) is 4.79 Å². The number of aromatic hydroxyl groups is 1. The lowest BCUT2D eigenvalue weighted by molar-refractivity contribution is -0.141. The first-order valence-electron chi connectivity index (χ1n) is 8.71. The third-order valence-electron chi connectivity index (χ3n) is 3.88. The Morgan fingerprint density at radius 2 is 1.64 bits per heavy atom. The van der Waals surface area contributed by atoms with Gasteiger partial charge in [0.2, 0.25) is 17.7 Å². The average Bonchev–Trinajstić information content (AvgIpc) is 2.64. The molecule has 3 amide bonds. The van der Waals surface area contributed by atoms with Gasteiger partial charge in [0.05, 0.1) is 13.1 Å². The highest BCUT2D eigenvalue weighted by Crippen LogP contribution is 2.11. The Morgan fingerprint density at radius 3 is 2.14 bits per heavy atom. The standard InChI is InChI=1S/C18H26N4O6/c1-10(2)16(22-14(24)8-19)17(26)20-9-15(25)21-13(18(27)28)7-11-3-5-12(23)6-4-11/h3-6,10,13,16,23H,7-9,19H2,1-2H3,(H,20,26)(H,21,25)(H,22,24)(H,27,28)/t13-,16-/m0/s1. The minimum Gasteiger partial charge on any atom is -0.508 e. The van der Waals surface area contributed by atoms with E-state index >= 15 is 0 Å². The predicted molar refractivity (Wildman–Crippen MR) is 100 cm³/mol. The number of aliphatic carboxylic acids is 1. The Hall–Kier alpha value is -3.14. The lowest BCUT2D eigenvalue weighted by Gasteiger charge is -2.21. The number of carboxylic acid groups (broad SMARTS) is 1. The molecule has 154 valence electrons. The molecule has 1 aromatic carbocycles. The predicted octanol–water partition coefficient (Wildman–Crippen LogP) is -1.28. The third-order valence-corrected chi connectivity index (χ3v) is 3.88. The van der Waals surface area contributed by atoms with Crippen LogP contribution in [0.15, 0.2) is 24.3 Å². The summed E-state index contributed by atoms with van der Waals surface area (Å²) in [5.74, 6) is -3.19. The molecular formula is C18H26N4O6. The number of carbonyl (C=O) groups excluding carboxylic acids is 3. The molecule has 1 aromatic rings. The van der Waals surface area contributed by atoms with Crippen LogP contribution >= 0.6 is 0 Å². The van der Waals surface area contributed by atoms with Crippen molar-refractivity contribution in [3.8, 4) is 5.75 Å². The van der Waals surface area contributed by atoms with Gasteiger partial charge in [-0.15, -0.1) is 0 Å². The molecule has 28 heavy (non-hydrogen) atoms. The fourth-order valence-corrected chi connectivity index (χ4v) is 2.36. The largest absolute Gasteiger partial charge is 0.508 e. The number of benzene rings is 1. The van der Waals surface area contributed by atoms with E-state index < -0.39 is 42.3 Å². The number of nitrogens with two attached hydrogens (primary N) is 1. The van der Waals surface area contributed by atoms with Crippen LogP contribution in [0.2, 0.25) is 0 Å². The van der Waals surface area contributed by atoms with Crippen LogP contribution in [0.3, 0.4) is 0 Å². The molecule has 0 saturated heterocycles. The molecule has 0 aliphatic rings. The number of carboxylic acids is 1. The molecule has 10 nitrogen and oxygen atoms in total. The summed E-state index contributed by atoms with van der Waals surface area (Å²) in [6.45, 7) is 2.73. The molecule has 10 heteroatoms. The molecule has 1 rings (SSSR count). The van der Waals surface area contributed by atoms with E-state index in [1.54, 1.807) is 26.0 Å². The van der Waals surface area contributed by atoms with Crippen LogP contribution < -0.4 is 21.7 Å². The molecule has 2 atom stereocenters. The van der Waals surface area contributed by atoms with E-state index in [1.165, 1.54) is 12.1 Å². The molecule has 0 fully saturated rings. The number of nitrogens with one attached hydrogen (secondary N) is 3. The molecule has 0 radical (unpaired) electrons. The number of hydrogen-bond acceptors (Lipinski definition) is 6. The molecular weight excluding hydrogens is 368 g/mol. The van der Waals surface area contributed by atoms with Crippen LogP contribution in [0.1, 0.15) is 19.4 Å². The van der Waals surface area contributed by atoms with E-state index in [2.05, 4.69) is 16.0 Å². The monoisotopic (exact) mass is 394 g/mol. The Balaban J connectivity index is 2.61. The van der Waals surface area contributed by atoms with E-state index in [-0.39, 0.29) is 24.6 Å². The van der Waals surface area contributed by atoms with Crippen LogP contribution in [-0.2, 0) is 25.6 Å². The van der Waals surface area contributed by atoms with E-state index in [4.69, 9.17) is 5.73 Å². The van der Waals surface area contributed by atoms with Crippen molar-refractivity contribution in [1.82, 2.24) is 16.0 Å². The minimum absolute atomic E-state index is 0.0104. The molecule has 0 unspecified atom stereocenters. The van der Waals surface area contributed by atoms with Gasteiger partial charge in [0.25, 0.3) is 0 Å². The number of phenolic OH excluding ortho intramolecular Hbond substituents is 1. The minimum atomic E-state index is -1.23. The lowest BCUT2D eigenvalue weighted by atomic mass is 10.0. The van der Waals surface area contributed by atoms with Gasteiger partial charge in [-0.2, -0.15) is 0 Å². The average molecular weight is 394 g/mol. The van der Waals surface area contributed by atoms with Gasteiger partial charge in [0.15, 0.2) is 0 Å². The zero-order valence-electron chi connectivity index (χ0n) is 15.8. The number of rotatable bonds is 10. The molecule has 0 heterocycles. The van der Waals surface area contributed by atoms with Crippen molar-refractivity contribution >= 4 is 23.7 Å². The summed E-state index contributed by atoms with van der Waals surface area (Å²) in [5.41, 5.74) is 5.83. The van der Waals surface area contributed by atoms with Crippen molar-refractivity contribution in [2.24, 2.45) is 11.7 Å². The van der Waals surface area contributed by atoms with E-state index in [0.29, 0.717) is 5.56 Å². The summed E-state index contributed by atoms with van der Waals surface area (Å²) in [4.78, 5) is 47.0. The highest BCUT2D eigenvalue weighted by atomic mass is 16.4. The first kappa shape index (κ1) is 22.9. The van der Waals surface area contributed by atoms with Gasteiger partial charge in [-0.05, 0) is 23.6 Å². The van der Waals surface area contributed by atoms with Crippen molar-refractivity contribution < 1.29 is 29.4 Å². The van der Waals surface area contributed by atoms with E-state index in [9.17, 15) is 29.4 Å². The first-order valence-corrected chi connectivity index (χ1v) is 8.71. The zero-order valence-corrected chi connectivity index (χ0v) is 15.8. The number of hydrogen-bond donors (Lipinski definition) is 6. The molecule has 7 N–H and O–H groups in total. The van der Waals surface area contributed by atoms with Crippen LogP contribution in [0.25, 0.3) is 0 Å². The smallest absolute Gasteiger partial charge is 0.326 e. The van der Waals surface area contributed by atoms with Crippen molar-refractivity contribution in [1.29, 1.82) is 0 Å².